The van der Waals surface area contributed by atoms with Gasteiger partial charge in [-0.05, 0) is 13.5 Å². The van der Waals surface area contributed by atoms with Gasteiger partial charge in [-0.25, -0.2) is 0 Å². The highest BCUT2D eigenvalue weighted by molar-refractivity contribution is 4.98. The smallest absolute Gasteiger partial charge is 0.0993 e. The molecule has 0 aliphatic rings. The van der Waals surface area contributed by atoms with Gasteiger partial charge in [0.1, 0.15) is 0 Å². The van der Waals surface area contributed by atoms with E-state index in [1.807, 2.05) is 7.05 Å². The number of H-pyrrole nitrogens is 1. The summed E-state index contributed by atoms with van der Waals surface area (Å²) in [5.74, 6) is 0. The number of nitrogens with zero attached hydrogens (tertiary/aromatic N) is 2. The van der Waals surface area contributed by atoms with Crippen LogP contribution >= 0.6 is 0 Å². The molecule has 16 heavy (non-hydrogen) atoms. The van der Waals surface area contributed by atoms with Gasteiger partial charge in [0, 0.05) is 0 Å². The number of rotatable bonds is 9. The molecule has 1 atom stereocenters. The molecule has 0 fully saturated rings. The van der Waals surface area contributed by atoms with Gasteiger partial charge in [-0.2, -0.15) is 15.4 Å². The highest BCUT2D eigenvalue weighted by Crippen LogP contribution is 2.17. The van der Waals surface area contributed by atoms with Crippen LogP contribution in [-0.2, 0) is 0 Å². The molecule has 0 aliphatic carbocycles. The molecule has 0 saturated heterocycles. The molecule has 1 heterocycles. The summed E-state index contributed by atoms with van der Waals surface area (Å²) in [6.07, 6.45) is 11.0. The fourth-order valence-corrected chi connectivity index (χ4v) is 1.95. The Morgan fingerprint density at radius 3 is 2.62 bits per heavy atom. The van der Waals surface area contributed by atoms with Crippen LogP contribution in [0.5, 0.6) is 0 Å². The Morgan fingerprint density at radius 1 is 1.25 bits per heavy atom. The second-order valence-corrected chi connectivity index (χ2v) is 4.29. The standard InChI is InChI=1S/C12H24N4/c1-3-4-5-6-7-8-9-11(13-2)12-10-14-16-15-12/h10-11,13H,3-9H2,1-2H3,(H,14,15,16). The second-order valence-electron chi connectivity index (χ2n) is 4.29. The number of hydrogen-bond acceptors (Lipinski definition) is 3. The normalized spacial score (nSPS) is 12.9. The molecule has 0 aliphatic heterocycles. The van der Waals surface area contributed by atoms with Gasteiger partial charge in [-0.15, -0.1) is 0 Å². The number of hydrogen-bond donors (Lipinski definition) is 2. The summed E-state index contributed by atoms with van der Waals surface area (Å²) in [6, 6.07) is 0.352. The molecule has 0 amide bonds. The summed E-state index contributed by atoms with van der Waals surface area (Å²) in [5, 5.41) is 13.9. The third-order valence-electron chi connectivity index (χ3n) is 2.99. The van der Waals surface area contributed by atoms with Gasteiger partial charge in [0.05, 0.1) is 17.9 Å². The van der Waals surface area contributed by atoms with Crippen molar-refractivity contribution in [3.8, 4) is 0 Å². The SMILES string of the molecule is CCCCCCCCC(NC)c1cn[nH]n1. The van der Waals surface area contributed by atoms with Crippen LogP contribution in [0.1, 0.15) is 63.6 Å². The number of aromatic nitrogens is 3. The lowest BCUT2D eigenvalue weighted by molar-refractivity contribution is 0.489. The van der Waals surface area contributed by atoms with E-state index in [1.165, 1.54) is 38.5 Å². The summed E-state index contributed by atoms with van der Waals surface area (Å²) >= 11 is 0. The lowest BCUT2D eigenvalue weighted by atomic mass is 10.0. The van der Waals surface area contributed by atoms with Crippen molar-refractivity contribution in [2.24, 2.45) is 0 Å². The van der Waals surface area contributed by atoms with E-state index in [-0.39, 0.29) is 0 Å². The average Bonchev–Trinajstić information content (AvgIpc) is 2.82. The van der Waals surface area contributed by atoms with Crippen LogP contribution in [0.4, 0.5) is 0 Å². The van der Waals surface area contributed by atoms with Crippen molar-refractivity contribution in [1.82, 2.24) is 20.7 Å². The Morgan fingerprint density at radius 2 is 2.00 bits per heavy atom. The van der Waals surface area contributed by atoms with Crippen molar-refractivity contribution in [2.75, 3.05) is 7.05 Å². The predicted molar refractivity (Wildman–Crippen MR) is 66.2 cm³/mol. The van der Waals surface area contributed by atoms with Gasteiger partial charge in [0.2, 0.25) is 0 Å². The second kappa shape index (κ2) is 8.28. The van der Waals surface area contributed by atoms with Crippen LogP contribution in [-0.4, -0.2) is 22.5 Å². The molecular formula is C12H24N4. The third kappa shape index (κ3) is 4.75. The molecule has 0 radical (unpaired) electrons. The monoisotopic (exact) mass is 224 g/mol. The largest absolute Gasteiger partial charge is 0.312 e. The third-order valence-corrected chi connectivity index (χ3v) is 2.99. The van der Waals surface area contributed by atoms with Crippen LogP contribution in [0.25, 0.3) is 0 Å². The summed E-state index contributed by atoms with van der Waals surface area (Å²) in [6.45, 7) is 2.25. The van der Waals surface area contributed by atoms with Gasteiger partial charge < -0.3 is 5.32 Å². The van der Waals surface area contributed by atoms with E-state index in [4.69, 9.17) is 0 Å². The molecule has 2 N–H and O–H groups in total. The van der Waals surface area contributed by atoms with Gasteiger partial charge in [-0.1, -0.05) is 45.4 Å². The number of nitrogens with one attached hydrogen (secondary N) is 2. The zero-order valence-electron chi connectivity index (χ0n) is 10.5. The quantitative estimate of drug-likeness (QED) is 0.634. The fraction of sp³-hybridized carbons (Fsp3) is 0.833. The molecule has 0 saturated carbocycles. The maximum Gasteiger partial charge on any atom is 0.0993 e. The van der Waals surface area contributed by atoms with Crippen LogP contribution in [0.3, 0.4) is 0 Å². The Kier molecular flexibility index (Phi) is 6.81. The van der Waals surface area contributed by atoms with Crippen molar-refractivity contribution in [2.45, 2.75) is 57.9 Å². The summed E-state index contributed by atoms with van der Waals surface area (Å²) in [4.78, 5) is 0. The maximum absolute atomic E-state index is 4.12. The Hall–Kier alpha value is -0.900. The molecule has 4 nitrogen and oxygen atoms in total. The van der Waals surface area contributed by atoms with Crippen molar-refractivity contribution in [3.05, 3.63) is 11.9 Å². The van der Waals surface area contributed by atoms with Crippen molar-refractivity contribution < 1.29 is 0 Å². The fourth-order valence-electron chi connectivity index (χ4n) is 1.95. The zero-order valence-corrected chi connectivity index (χ0v) is 10.5. The minimum Gasteiger partial charge on any atom is -0.312 e. The minimum absolute atomic E-state index is 0.352. The maximum atomic E-state index is 4.12. The first kappa shape index (κ1) is 13.2. The van der Waals surface area contributed by atoms with E-state index >= 15 is 0 Å². The molecule has 1 aromatic rings. The minimum atomic E-state index is 0.352. The molecule has 1 unspecified atom stereocenters. The predicted octanol–water partition coefficient (Wildman–Crippen LogP) is 2.82. The first-order chi connectivity index (χ1) is 7.88. The Labute approximate surface area is 98.2 Å². The first-order valence-corrected chi connectivity index (χ1v) is 6.41. The number of unbranched alkanes of at least 4 members (excludes halogenated alkanes) is 5. The van der Waals surface area contributed by atoms with Crippen LogP contribution in [0.15, 0.2) is 6.20 Å². The van der Waals surface area contributed by atoms with Gasteiger partial charge in [-0.3, -0.25) is 0 Å². The van der Waals surface area contributed by atoms with Crippen LogP contribution in [0, 0.1) is 0 Å². The molecule has 0 bridgehead atoms. The Balaban J connectivity index is 2.11. The van der Waals surface area contributed by atoms with Crippen LogP contribution < -0.4 is 5.32 Å². The zero-order chi connectivity index (χ0) is 11.6. The number of aromatic amines is 1. The highest BCUT2D eigenvalue weighted by atomic mass is 15.3. The van der Waals surface area contributed by atoms with E-state index in [2.05, 4.69) is 27.7 Å². The molecule has 1 aromatic heterocycles. The summed E-state index contributed by atoms with van der Waals surface area (Å²) < 4.78 is 0. The summed E-state index contributed by atoms with van der Waals surface area (Å²) in [7, 11) is 1.98. The van der Waals surface area contributed by atoms with E-state index < -0.39 is 0 Å². The van der Waals surface area contributed by atoms with Crippen LogP contribution in [0.2, 0.25) is 0 Å². The highest BCUT2D eigenvalue weighted by Gasteiger charge is 2.10. The van der Waals surface area contributed by atoms with Gasteiger partial charge in [0.15, 0.2) is 0 Å². The summed E-state index contributed by atoms with van der Waals surface area (Å²) in [5.41, 5.74) is 1.02. The Bertz CT molecular complexity index is 246. The molecule has 4 heteroatoms. The molecular weight excluding hydrogens is 200 g/mol. The first-order valence-electron chi connectivity index (χ1n) is 6.41. The van der Waals surface area contributed by atoms with E-state index in [0.717, 1.165) is 12.1 Å². The molecule has 0 spiro atoms. The van der Waals surface area contributed by atoms with Gasteiger partial charge in [0.25, 0.3) is 0 Å². The molecule has 0 aromatic carbocycles. The lowest BCUT2D eigenvalue weighted by Gasteiger charge is -2.12. The topological polar surface area (TPSA) is 53.6 Å². The van der Waals surface area contributed by atoms with E-state index in [1.54, 1.807) is 6.20 Å². The van der Waals surface area contributed by atoms with Crippen molar-refractivity contribution in [1.29, 1.82) is 0 Å². The van der Waals surface area contributed by atoms with E-state index in [9.17, 15) is 0 Å². The van der Waals surface area contributed by atoms with Crippen molar-refractivity contribution in [3.63, 3.8) is 0 Å². The van der Waals surface area contributed by atoms with Gasteiger partial charge >= 0.3 is 0 Å². The lowest BCUT2D eigenvalue weighted by Crippen LogP contribution is -2.16. The molecule has 92 valence electrons. The van der Waals surface area contributed by atoms with E-state index in [0.29, 0.717) is 6.04 Å². The molecule has 1 rings (SSSR count). The van der Waals surface area contributed by atoms with Crippen molar-refractivity contribution >= 4 is 0 Å². The average molecular weight is 224 g/mol.